The fourth-order valence-corrected chi connectivity index (χ4v) is 6.79. The van der Waals surface area contributed by atoms with E-state index in [9.17, 15) is 9.59 Å². The van der Waals surface area contributed by atoms with Crippen molar-refractivity contribution in [2.75, 3.05) is 63.1 Å². The summed E-state index contributed by atoms with van der Waals surface area (Å²) in [7, 11) is 1.56. The quantitative estimate of drug-likeness (QED) is 0.240. The zero-order valence-electron chi connectivity index (χ0n) is 27.4. The van der Waals surface area contributed by atoms with Crippen LogP contribution in [-0.4, -0.2) is 110 Å². The first-order valence-corrected chi connectivity index (χ1v) is 16.8. The van der Waals surface area contributed by atoms with Crippen LogP contribution in [0.1, 0.15) is 31.0 Å². The Balaban J connectivity index is 0.868. The number of benzene rings is 2. The molecule has 13 heteroatoms. The molecule has 0 spiro atoms. The highest BCUT2D eigenvalue weighted by atomic mass is 16.5. The molecule has 0 radical (unpaired) electrons. The fourth-order valence-electron chi connectivity index (χ4n) is 6.79. The van der Waals surface area contributed by atoms with Crippen LogP contribution in [0.25, 0.3) is 33.7 Å². The van der Waals surface area contributed by atoms with Crippen molar-refractivity contribution in [2.45, 2.75) is 30.8 Å². The van der Waals surface area contributed by atoms with E-state index < -0.39 is 5.60 Å². The van der Waals surface area contributed by atoms with Gasteiger partial charge >= 0.3 is 0 Å². The summed E-state index contributed by atoms with van der Waals surface area (Å²) in [6.45, 7) is 3.95. The lowest BCUT2D eigenvalue weighted by molar-refractivity contribution is -0.138. The molecule has 2 saturated heterocycles. The maximum Gasteiger partial charge on any atom is 0.258 e. The van der Waals surface area contributed by atoms with Crippen molar-refractivity contribution in [3.8, 4) is 22.8 Å². The molecule has 5 aromatic rings. The summed E-state index contributed by atoms with van der Waals surface area (Å²) in [6, 6.07) is 17.6. The Morgan fingerprint density at radius 2 is 1.76 bits per heavy atom. The standard InChI is InChI=1S/C36H38N10O3/c1-49-36(35(48)40-26-7-10-29-28(21-26)32(43-42-29)30-11-15-39-34(41-30)25-3-4-25)12-16-44(23-36)22-31(47)46-19-17-45(18-20-46)27-8-5-24(6-9-27)33-37-13-2-14-38-33/h2,5-11,13-15,21,25H,3-4,12,16-20,22-23H2,1H3,(H,40,48)(H,42,43)/t36-/m0/s1. The molecule has 1 saturated carbocycles. The molecule has 3 aromatic heterocycles. The second-order valence-electron chi connectivity index (χ2n) is 13.0. The van der Waals surface area contributed by atoms with E-state index in [4.69, 9.17) is 9.72 Å². The molecule has 49 heavy (non-hydrogen) atoms. The van der Waals surface area contributed by atoms with Crippen LogP contribution < -0.4 is 10.2 Å². The third-order valence-electron chi connectivity index (χ3n) is 9.84. The molecule has 250 valence electrons. The molecule has 1 aliphatic carbocycles. The Bertz CT molecular complexity index is 1970. The van der Waals surface area contributed by atoms with Crippen LogP contribution in [0, 0.1) is 0 Å². The number of hydrogen-bond acceptors (Lipinski definition) is 10. The first-order valence-electron chi connectivity index (χ1n) is 16.8. The third-order valence-corrected chi connectivity index (χ3v) is 9.84. The second-order valence-corrected chi connectivity index (χ2v) is 13.0. The van der Waals surface area contributed by atoms with Crippen LogP contribution in [-0.2, 0) is 14.3 Å². The summed E-state index contributed by atoms with van der Waals surface area (Å²) >= 11 is 0. The van der Waals surface area contributed by atoms with Gasteiger partial charge in [-0.25, -0.2) is 19.9 Å². The second kappa shape index (κ2) is 13.0. The minimum atomic E-state index is -1.06. The smallest absolute Gasteiger partial charge is 0.258 e. The van der Waals surface area contributed by atoms with Gasteiger partial charge in [0.2, 0.25) is 5.91 Å². The van der Waals surface area contributed by atoms with E-state index in [1.165, 1.54) is 0 Å². The lowest BCUT2D eigenvalue weighted by Gasteiger charge is -2.37. The maximum absolute atomic E-state index is 13.7. The summed E-state index contributed by atoms with van der Waals surface area (Å²) in [6.07, 6.45) is 7.99. The Morgan fingerprint density at radius 3 is 2.51 bits per heavy atom. The van der Waals surface area contributed by atoms with Gasteiger partial charge in [-0.15, -0.1) is 0 Å². The van der Waals surface area contributed by atoms with Crippen LogP contribution in [0.4, 0.5) is 11.4 Å². The Morgan fingerprint density at radius 1 is 0.959 bits per heavy atom. The highest BCUT2D eigenvalue weighted by Crippen LogP contribution is 2.39. The third kappa shape index (κ3) is 6.34. The number of fused-ring (bicyclic) bond motifs is 1. The topological polar surface area (TPSA) is 145 Å². The van der Waals surface area contributed by atoms with Gasteiger partial charge in [-0.05, 0) is 73.9 Å². The number of piperazine rings is 1. The van der Waals surface area contributed by atoms with Crippen LogP contribution >= 0.6 is 0 Å². The molecule has 2 aromatic carbocycles. The number of methoxy groups -OCH3 is 1. The van der Waals surface area contributed by atoms with Gasteiger partial charge in [0, 0.05) is 93.2 Å². The van der Waals surface area contributed by atoms with Gasteiger partial charge in [-0.3, -0.25) is 19.6 Å². The van der Waals surface area contributed by atoms with Gasteiger partial charge in [0.25, 0.3) is 5.91 Å². The lowest BCUT2D eigenvalue weighted by atomic mass is 10.0. The molecule has 2 amide bonds. The molecule has 2 N–H and O–H groups in total. The molecule has 8 rings (SSSR count). The van der Waals surface area contributed by atoms with E-state index in [1.807, 2.05) is 46.2 Å². The molecule has 2 aliphatic heterocycles. The van der Waals surface area contributed by atoms with E-state index in [0.717, 1.165) is 65.3 Å². The molecule has 13 nitrogen and oxygen atoms in total. The number of likely N-dealkylation sites (tertiary alicyclic amines) is 1. The summed E-state index contributed by atoms with van der Waals surface area (Å²) in [5.41, 5.74) is 3.99. The zero-order chi connectivity index (χ0) is 33.4. The molecule has 3 aliphatic rings. The SMILES string of the molecule is CO[C@@]1(C(=O)Nc2ccc3[nH]nc(-c4ccnc(C5CC5)n4)c3c2)CCN(CC(=O)N2CCN(c3ccc(-c4ncccn4)cc3)CC2)C1. The zero-order valence-corrected chi connectivity index (χ0v) is 27.4. The highest BCUT2D eigenvalue weighted by Gasteiger charge is 2.45. The number of nitrogens with zero attached hydrogens (tertiary/aromatic N) is 8. The first kappa shape index (κ1) is 31.0. The number of rotatable bonds is 9. The lowest BCUT2D eigenvalue weighted by Crippen LogP contribution is -2.52. The Kier molecular flexibility index (Phi) is 8.22. The fraction of sp³-hybridized carbons (Fsp3) is 0.361. The minimum Gasteiger partial charge on any atom is -0.368 e. The van der Waals surface area contributed by atoms with Gasteiger partial charge in [0.15, 0.2) is 11.4 Å². The number of amides is 2. The Hall–Kier alpha value is -5.27. The maximum atomic E-state index is 13.7. The number of carbonyl (C=O) groups excluding carboxylic acids is 2. The number of H-pyrrole nitrogens is 1. The predicted octanol–water partition coefficient (Wildman–Crippen LogP) is 3.73. The van der Waals surface area contributed by atoms with Crippen molar-refractivity contribution < 1.29 is 14.3 Å². The van der Waals surface area contributed by atoms with Gasteiger partial charge < -0.3 is 19.9 Å². The molecule has 3 fully saturated rings. The van der Waals surface area contributed by atoms with Crippen molar-refractivity contribution in [1.82, 2.24) is 39.9 Å². The van der Waals surface area contributed by atoms with Crippen LogP contribution in [0.5, 0.6) is 0 Å². The largest absolute Gasteiger partial charge is 0.368 e. The van der Waals surface area contributed by atoms with E-state index in [1.54, 1.807) is 31.8 Å². The normalized spacial score (nSPS) is 19.8. The van der Waals surface area contributed by atoms with E-state index in [-0.39, 0.29) is 18.4 Å². The number of ether oxygens (including phenoxy) is 1. The van der Waals surface area contributed by atoms with Crippen LogP contribution in [0.3, 0.4) is 0 Å². The van der Waals surface area contributed by atoms with Crippen LogP contribution in [0.15, 0.2) is 73.2 Å². The number of anilines is 2. The van der Waals surface area contributed by atoms with Crippen molar-refractivity contribution in [3.05, 3.63) is 79.0 Å². The molecular formula is C36H38N10O3. The van der Waals surface area contributed by atoms with Crippen molar-refractivity contribution in [1.29, 1.82) is 0 Å². The van der Waals surface area contributed by atoms with Gasteiger partial charge in [-0.1, -0.05) is 0 Å². The number of aromatic amines is 1. The number of carbonyl (C=O) groups is 2. The van der Waals surface area contributed by atoms with Crippen molar-refractivity contribution in [2.24, 2.45) is 0 Å². The number of aromatic nitrogens is 6. The Labute approximate surface area is 283 Å². The van der Waals surface area contributed by atoms with Gasteiger partial charge in [0.05, 0.1) is 17.8 Å². The van der Waals surface area contributed by atoms with E-state index in [0.29, 0.717) is 50.0 Å². The number of hydrogen-bond donors (Lipinski definition) is 2. The predicted molar refractivity (Wildman–Crippen MR) is 185 cm³/mol. The average molecular weight is 659 g/mol. The molecule has 0 unspecified atom stereocenters. The molecular weight excluding hydrogens is 620 g/mol. The summed E-state index contributed by atoms with van der Waals surface area (Å²) in [5.74, 6) is 1.82. The average Bonchev–Trinajstić information content (AvgIpc) is 3.79. The van der Waals surface area contributed by atoms with Gasteiger partial charge in [0.1, 0.15) is 11.5 Å². The van der Waals surface area contributed by atoms with Gasteiger partial charge in [-0.2, -0.15) is 5.10 Å². The van der Waals surface area contributed by atoms with E-state index in [2.05, 4.69) is 47.5 Å². The molecule has 5 heterocycles. The first-order chi connectivity index (χ1) is 24.0. The molecule has 1 atom stereocenters. The van der Waals surface area contributed by atoms with Crippen LogP contribution in [0.2, 0.25) is 0 Å². The summed E-state index contributed by atoms with van der Waals surface area (Å²) in [4.78, 5) is 51.1. The summed E-state index contributed by atoms with van der Waals surface area (Å²) in [5, 5.41) is 11.5. The van der Waals surface area contributed by atoms with Crippen molar-refractivity contribution in [3.63, 3.8) is 0 Å². The van der Waals surface area contributed by atoms with Crippen molar-refractivity contribution >= 4 is 34.1 Å². The monoisotopic (exact) mass is 658 g/mol. The van der Waals surface area contributed by atoms with E-state index >= 15 is 0 Å². The molecule has 0 bridgehead atoms. The minimum absolute atomic E-state index is 0.0658. The highest BCUT2D eigenvalue weighted by molar-refractivity contribution is 6.01. The number of nitrogens with one attached hydrogen (secondary N) is 2. The summed E-state index contributed by atoms with van der Waals surface area (Å²) < 4.78 is 5.87.